The number of aliphatic hydroxyl groups is 1. The van der Waals surface area contributed by atoms with Gasteiger partial charge in [-0.15, -0.1) is 21.8 Å². The number of hydrogen-bond donors (Lipinski definition) is 2. The van der Waals surface area contributed by atoms with Crippen LogP contribution in [0.4, 0.5) is 11.4 Å². The summed E-state index contributed by atoms with van der Waals surface area (Å²) in [7, 11) is 1.00. The number of halogens is 1. The number of H-pyrrole nitrogens is 1. The third kappa shape index (κ3) is 13.9. The monoisotopic (exact) mass is 1370 g/mol. The number of carbonyl (C=O) groups excluding carboxylic acids is 3. The number of ether oxygens (including phenoxy) is 6. The first-order chi connectivity index (χ1) is 48.0. The van der Waals surface area contributed by atoms with Crippen molar-refractivity contribution in [3.05, 3.63) is 171 Å². The number of nitrogens with zero attached hydrogens (tertiary/aromatic N) is 7. The van der Waals surface area contributed by atoms with Crippen LogP contribution in [-0.4, -0.2) is 106 Å². The smallest absolute Gasteiger partial charge is 0.231 e. The molecule has 0 amide bonds. The van der Waals surface area contributed by atoms with E-state index in [1.54, 1.807) is 0 Å². The number of nitriles is 1. The van der Waals surface area contributed by atoms with Crippen molar-refractivity contribution >= 4 is 51.2 Å². The summed E-state index contributed by atoms with van der Waals surface area (Å²) < 4.78 is 35.2. The Labute approximate surface area is 591 Å². The zero-order chi connectivity index (χ0) is 70.5. The van der Waals surface area contributed by atoms with E-state index in [0.717, 1.165) is 157 Å². The van der Waals surface area contributed by atoms with Crippen molar-refractivity contribution in [1.29, 1.82) is 5.26 Å². The van der Waals surface area contributed by atoms with Gasteiger partial charge in [-0.25, -0.2) is 0 Å². The maximum absolute atomic E-state index is 13.5. The van der Waals surface area contributed by atoms with Crippen LogP contribution in [0.1, 0.15) is 163 Å². The number of benzene rings is 6. The first-order valence-corrected chi connectivity index (χ1v) is 35.8. The molecule has 0 saturated heterocycles. The van der Waals surface area contributed by atoms with Gasteiger partial charge in [0.2, 0.25) is 20.4 Å². The fourth-order valence-electron chi connectivity index (χ4n) is 15.7. The van der Waals surface area contributed by atoms with Crippen LogP contribution in [0, 0.1) is 22.2 Å². The minimum atomic E-state index is -0.400. The Morgan fingerprint density at radius 3 is 1.36 bits per heavy atom. The summed E-state index contributed by atoms with van der Waals surface area (Å²) in [6.45, 7) is 23.4. The number of aromatic nitrogens is 5. The van der Waals surface area contributed by atoms with E-state index < -0.39 is 5.41 Å². The van der Waals surface area contributed by atoms with Crippen LogP contribution < -0.4 is 38.2 Å². The molecular formula is C81H93ClN8O10. The summed E-state index contributed by atoms with van der Waals surface area (Å²) >= 11 is 6.11. The molecule has 100 heavy (non-hydrogen) atoms. The highest BCUT2D eigenvalue weighted by molar-refractivity contribution is 6.18. The van der Waals surface area contributed by atoms with Gasteiger partial charge < -0.3 is 47.9 Å². The maximum Gasteiger partial charge on any atom is 0.231 e. The summed E-state index contributed by atoms with van der Waals surface area (Å²) in [5, 5.41) is 31.6. The van der Waals surface area contributed by atoms with Crippen molar-refractivity contribution in [2.75, 3.05) is 56.3 Å². The molecule has 8 aromatic rings. The first-order valence-electron chi connectivity index (χ1n) is 35.3. The third-order valence-electron chi connectivity index (χ3n) is 21.7. The lowest BCUT2D eigenvalue weighted by Crippen LogP contribution is -2.42. The normalized spacial score (nSPS) is 18.5. The molecule has 5 aliphatic heterocycles. The summed E-state index contributed by atoms with van der Waals surface area (Å²) in [5.74, 6) is 6.66. The molecule has 0 spiro atoms. The lowest BCUT2D eigenvalue weighted by atomic mass is 9.84. The van der Waals surface area contributed by atoms with Crippen LogP contribution in [-0.2, 0) is 81.1 Å². The SMILES string of the molecule is CC(C)(C)C1Cc2cc(CC(=O)C3(c4ccc5c(c4)OCO5)CC3)ccc2N1CCC#N.CC(C)(C)C1Cc2cc(CC(=O)C3(c4ccc5c(c4)OCO5)CC3)ccc2N1CCCl.CC(C)(C)c1cc2cc(CC(=O)C3(c4ccc5c(c4)OCO5)CC3)ccc2n1CCc1nn[nH]n1.CO. The second kappa shape index (κ2) is 27.5. The van der Waals surface area contributed by atoms with E-state index >= 15 is 0 Å². The van der Waals surface area contributed by atoms with Crippen LogP contribution in [0.15, 0.2) is 115 Å². The minimum absolute atomic E-state index is 0.0241. The largest absolute Gasteiger partial charge is 0.454 e. The second-order valence-corrected chi connectivity index (χ2v) is 31.6. The van der Waals surface area contributed by atoms with E-state index in [1.165, 1.54) is 28.2 Å². The molecule has 3 saturated carbocycles. The van der Waals surface area contributed by atoms with E-state index in [1.807, 2.05) is 54.6 Å². The van der Waals surface area contributed by atoms with Gasteiger partial charge in [-0.1, -0.05) is 116 Å². The third-order valence-corrected chi connectivity index (χ3v) is 21.8. The molecule has 2 aromatic heterocycles. The molecule has 2 atom stereocenters. The minimum Gasteiger partial charge on any atom is -0.454 e. The zero-order valence-corrected chi connectivity index (χ0v) is 60.2. The van der Waals surface area contributed by atoms with Crippen LogP contribution in [0.5, 0.6) is 34.5 Å². The number of aliphatic hydroxyl groups excluding tert-OH is 1. The highest BCUT2D eigenvalue weighted by Gasteiger charge is 2.53. The van der Waals surface area contributed by atoms with Crippen molar-refractivity contribution in [2.24, 2.45) is 10.8 Å². The van der Waals surface area contributed by atoms with Crippen molar-refractivity contribution in [1.82, 2.24) is 25.2 Å². The van der Waals surface area contributed by atoms with E-state index in [4.69, 9.17) is 50.4 Å². The molecule has 524 valence electrons. The van der Waals surface area contributed by atoms with Crippen molar-refractivity contribution in [3.8, 4) is 40.6 Å². The van der Waals surface area contributed by atoms with E-state index in [9.17, 15) is 14.4 Å². The Morgan fingerprint density at radius 1 is 0.550 bits per heavy atom. The summed E-state index contributed by atoms with van der Waals surface area (Å²) in [5.41, 5.74) is 13.0. The van der Waals surface area contributed by atoms with Gasteiger partial charge in [0.25, 0.3) is 0 Å². The van der Waals surface area contributed by atoms with Gasteiger partial charge in [-0.05, 0) is 173 Å². The Bertz CT molecular complexity index is 4430. The lowest BCUT2D eigenvalue weighted by molar-refractivity contribution is -0.121. The first kappa shape index (κ1) is 69.6. The van der Waals surface area contributed by atoms with Gasteiger partial charge >= 0.3 is 0 Å². The molecule has 19 heteroatoms. The highest BCUT2D eigenvalue weighted by atomic mass is 35.5. The number of fused-ring (bicyclic) bond motifs is 6. The predicted octanol–water partition coefficient (Wildman–Crippen LogP) is 14.1. The number of anilines is 2. The molecular weight excluding hydrogens is 1280 g/mol. The number of alkyl halides is 1. The number of Topliss-reactive ketones (excluding diaryl/α,β-unsaturated/α-hetero) is 3. The van der Waals surface area contributed by atoms with Gasteiger partial charge in [-0.3, -0.25) is 14.4 Å². The Morgan fingerprint density at radius 2 is 0.970 bits per heavy atom. The maximum atomic E-state index is 13.5. The van der Waals surface area contributed by atoms with Crippen LogP contribution in [0.25, 0.3) is 10.9 Å². The molecule has 0 bridgehead atoms. The van der Waals surface area contributed by atoms with Crippen LogP contribution >= 0.6 is 11.6 Å². The Kier molecular flexibility index (Phi) is 19.2. The van der Waals surface area contributed by atoms with Gasteiger partial charge in [-0.2, -0.15) is 10.5 Å². The lowest BCUT2D eigenvalue weighted by Gasteiger charge is -2.36. The van der Waals surface area contributed by atoms with Crippen molar-refractivity contribution in [2.45, 2.75) is 186 Å². The van der Waals surface area contributed by atoms with Gasteiger partial charge in [0, 0.05) is 104 Å². The van der Waals surface area contributed by atoms with Crippen LogP contribution in [0.2, 0.25) is 0 Å². The summed E-state index contributed by atoms with van der Waals surface area (Å²) in [6, 6.07) is 42.5. The number of ketones is 3. The number of aryl methyl sites for hydroxylation is 2. The number of rotatable bonds is 19. The second-order valence-electron chi connectivity index (χ2n) is 31.2. The Hall–Kier alpha value is -8.92. The van der Waals surface area contributed by atoms with Crippen molar-refractivity contribution in [3.63, 3.8) is 0 Å². The molecule has 3 aliphatic carbocycles. The molecule has 16 rings (SSSR count). The molecule has 2 N–H and O–H groups in total. The molecule has 7 heterocycles. The quantitative estimate of drug-likeness (QED) is 0.0720. The summed E-state index contributed by atoms with van der Waals surface area (Å²) in [6.07, 6.45) is 9.88. The van der Waals surface area contributed by atoms with E-state index in [0.29, 0.717) is 61.7 Å². The Balaban J connectivity index is 0.000000133. The molecule has 8 aliphatic rings. The molecule has 6 aromatic carbocycles. The fourth-order valence-corrected chi connectivity index (χ4v) is 15.9. The number of carbonyl (C=O) groups is 3. The average Bonchev–Trinajstić information content (AvgIpc) is 1.60. The average molecular weight is 1370 g/mol. The molecule has 3 fully saturated rings. The predicted molar refractivity (Wildman–Crippen MR) is 386 cm³/mol. The highest BCUT2D eigenvalue weighted by Crippen LogP contribution is 2.55. The van der Waals surface area contributed by atoms with Gasteiger partial charge in [0.15, 0.2) is 40.3 Å². The zero-order valence-electron chi connectivity index (χ0n) is 59.4. The fraction of sp³-hybridized carbons (Fsp3) is 0.469. The number of nitrogens with one attached hydrogen (secondary N) is 1. The standard InChI is InChI=1S/C27H29N5O3.C27H30N2O3.C26H30ClNO3.CH4O/c1-26(2,3)23-14-18-12-17(4-6-20(18)32(23)11-8-25-28-30-31-29-25)13-24(33)27(9-10-27)19-5-7-21-22(15-19)35-16-34-21;1-26(2,3)24-15-19-13-18(5-7-21(19)29(24)12-4-11-28)14-25(30)27(9-10-27)20-6-8-22-23(16-20)32-17-31-22;1-25(2,3)23-14-18-12-17(4-6-20(18)28(23)11-10-27)13-24(29)26(8-9-26)19-5-7-21-22(15-19)31-16-30-21;1-2/h4-7,12,14-15H,8-11,13,16H2,1-3H3,(H,28,29,30,31);5-8,13,16,24H,4,9-10,12,14-15,17H2,1-3H3;4-7,12,15,23H,8-11,13-14,16H2,1-3H3;2H,1H3. The van der Waals surface area contributed by atoms with E-state index in [-0.39, 0.29) is 59.0 Å². The number of hydrogen-bond acceptors (Lipinski definition) is 16. The van der Waals surface area contributed by atoms with E-state index in [2.05, 4.69) is 164 Å². The number of tetrazole rings is 1. The molecule has 2 unspecified atom stereocenters. The van der Waals surface area contributed by atoms with Crippen molar-refractivity contribution < 1.29 is 47.9 Å². The van der Waals surface area contributed by atoms with Gasteiger partial charge in [0.05, 0.1) is 28.7 Å². The summed E-state index contributed by atoms with van der Waals surface area (Å²) in [4.78, 5) is 45.1. The van der Waals surface area contributed by atoms with Crippen LogP contribution in [0.3, 0.4) is 0 Å². The van der Waals surface area contributed by atoms with Gasteiger partial charge in [0.1, 0.15) is 17.3 Å². The number of aromatic amines is 1. The topological polar surface area (TPSA) is 216 Å². The molecule has 0 radical (unpaired) electrons. The molecule has 18 nitrogen and oxygen atoms in total.